The van der Waals surface area contributed by atoms with Crippen LogP contribution in [0.4, 0.5) is 0 Å². The van der Waals surface area contributed by atoms with Crippen LogP contribution in [0.25, 0.3) is 0 Å². The van der Waals surface area contributed by atoms with Crippen molar-refractivity contribution in [1.82, 2.24) is 0 Å². The highest BCUT2D eigenvalue weighted by Gasteiger charge is 2.14. The summed E-state index contributed by atoms with van der Waals surface area (Å²) in [7, 11) is -1.08. The van der Waals surface area contributed by atoms with Crippen LogP contribution in [0.2, 0.25) is 0 Å². The molecule has 0 spiro atoms. The molecule has 0 aliphatic carbocycles. The Kier molecular flexibility index (Phi) is 3.67. The summed E-state index contributed by atoms with van der Waals surface area (Å²) in [5.74, 6) is 0. The van der Waals surface area contributed by atoms with E-state index < -0.39 is 10.8 Å². The molecule has 0 aromatic heterocycles. The maximum absolute atomic E-state index is 12.3. The van der Waals surface area contributed by atoms with Gasteiger partial charge in [-0.15, -0.1) is 0 Å². The van der Waals surface area contributed by atoms with E-state index in [1.807, 2.05) is 42.5 Å². The molecule has 0 fully saturated rings. The summed E-state index contributed by atoms with van der Waals surface area (Å²) in [6.45, 7) is 6.53. The first-order valence-corrected chi connectivity index (χ1v) is 7.21. The van der Waals surface area contributed by atoms with Crippen LogP contribution in [0.3, 0.4) is 0 Å². The molecule has 2 aromatic rings. The fourth-order valence-corrected chi connectivity index (χ4v) is 2.82. The van der Waals surface area contributed by atoms with E-state index in [2.05, 4.69) is 32.9 Å². The van der Waals surface area contributed by atoms with Crippen LogP contribution in [0.1, 0.15) is 26.3 Å². The lowest BCUT2D eigenvalue weighted by Gasteiger charge is -2.19. The van der Waals surface area contributed by atoms with E-state index in [-0.39, 0.29) is 5.41 Å². The maximum atomic E-state index is 12.3. The lowest BCUT2D eigenvalue weighted by Crippen LogP contribution is -2.10. The first-order chi connectivity index (χ1) is 8.48. The molecule has 0 amide bonds. The first kappa shape index (κ1) is 13.0. The van der Waals surface area contributed by atoms with Gasteiger partial charge in [-0.3, -0.25) is 0 Å². The quantitative estimate of drug-likeness (QED) is 0.791. The molecule has 18 heavy (non-hydrogen) atoms. The third-order valence-electron chi connectivity index (χ3n) is 2.89. The summed E-state index contributed by atoms with van der Waals surface area (Å²) >= 11 is 0. The van der Waals surface area contributed by atoms with Crippen molar-refractivity contribution in [3.8, 4) is 0 Å². The Balaban J connectivity index is 2.28. The normalized spacial score (nSPS) is 13.3. The van der Waals surface area contributed by atoms with Crippen LogP contribution >= 0.6 is 0 Å². The predicted molar refractivity (Wildman–Crippen MR) is 76.3 cm³/mol. The molecule has 0 radical (unpaired) electrons. The molecule has 0 N–H and O–H groups in total. The van der Waals surface area contributed by atoms with Gasteiger partial charge in [0.05, 0.1) is 10.8 Å². The second-order valence-electron chi connectivity index (χ2n) is 5.36. The Morgan fingerprint density at radius 2 is 1.28 bits per heavy atom. The molecule has 2 aromatic carbocycles. The highest BCUT2D eigenvalue weighted by molar-refractivity contribution is 7.85. The standard InChI is InChI=1S/C16H18OS/c1-16(2,3)13-9-11-15(12-10-13)18(17)14-7-5-4-6-8-14/h4-12H,1-3H3. The minimum absolute atomic E-state index is 0.132. The molecular formula is C16H18OS. The van der Waals surface area contributed by atoms with Crippen molar-refractivity contribution in [3.05, 3.63) is 60.2 Å². The van der Waals surface area contributed by atoms with E-state index in [0.29, 0.717) is 0 Å². The fourth-order valence-electron chi connectivity index (χ4n) is 1.76. The zero-order chi connectivity index (χ0) is 13.2. The monoisotopic (exact) mass is 258 g/mol. The van der Waals surface area contributed by atoms with Gasteiger partial charge in [0.1, 0.15) is 0 Å². The van der Waals surface area contributed by atoms with Crippen LogP contribution in [0.15, 0.2) is 64.4 Å². The Labute approximate surface area is 111 Å². The van der Waals surface area contributed by atoms with Crippen LogP contribution in [-0.2, 0) is 16.2 Å². The molecule has 1 nitrogen and oxygen atoms in total. The third-order valence-corrected chi connectivity index (χ3v) is 4.29. The van der Waals surface area contributed by atoms with Gasteiger partial charge in [-0.25, -0.2) is 4.21 Å². The molecule has 0 saturated heterocycles. The van der Waals surface area contributed by atoms with Crippen molar-refractivity contribution in [1.29, 1.82) is 0 Å². The van der Waals surface area contributed by atoms with Crippen molar-refractivity contribution in [2.75, 3.05) is 0 Å². The number of hydrogen-bond acceptors (Lipinski definition) is 1. The van der Waals surface area contributed by atoms with Gasteiger partial charge in [-0.2, -0.15) is 0 Å². The van der Waals surface area contributed by atoms with E-state index >= 15 is 0 Å². The zero-order valence-electron chi connectivity index (χ0n) is 11.0. The van der Waals surface area contributed by atoms with Crippen LogP contribution in [0, 0.1) is 0 Å². The second-order valence-corrected chi connectivity index (χ2v) is 6.84. The molecule has 94 valence electrons. The average Bonchev–Trinajstić information content (AvgIpc) is 2.38. The van der Waals surface area contributed by atoms with Gasteiger partial charge in [0.2, 0.25) is 0 Å². The topological polar surface area (TPSA) is 17.1 Å². The van der Waals surface area contributed by atoms with Crippen LogP contribution in [0.5, 0.6) is 0 Å². The van der Waals surface area contributed by atoms with Gasteiger partial charge in [-0.1, -0.05) is 51.1 Å². The third kappa shape index (κ3) is 2.88. The molecular weight excluding hydrogens is 240 g/mol. The summed E-state index contributed by atoms with van der Waals surface area (Å²) in [5, 5.41) is 0. The smallest absolute Gasteiger partial charge is 0.0849 e. The van der Waals surface area contributed by atoms with Crippen LogP contribution < -0.4 is 0 Å². The largest absolute Gasteiger partial charge is 0.249 e. The highest BCUT2D eigenvalue weighted by Crippen LogP contribution is 2.24. The van der Waals surface area contributed by atoms with Crippen molar-refractivity contribution < 1.29 is 4.21 Å². The summed E-state index contributed by atoms with van der Waals surface area (Å²) in [5.41, 5.74) is 1.39. The Hall–Kier alpha value is -1.41. The van der Waals surface area contributed by atoms with E-state index in [1.54, 1.807) is 0 Å². The van der Waals surface area contributed by atoms with Crippen molar-refractivity contribution in [2.24, 2.45) is 0 Å². The number of benzene rings is 2. The molecule has 1 atom stereocenters. The van der Waals surface area contributed by atoms with Crippen molar-refractivity contribution in [3.63, 3.8) is 0 Å². The van der Waals surface area contributed by atoms with Crippen molar-refractivity contribution >= 4 is 10.8 Å². The van der Waals surface area contributed by atoms with E-state index in [9.17, 15) is 4.21 Å². The minimum atomic E-state index is -1.08. The van der Waals surface area contributed by atoms with Gasteiger partial charge >= 0.3 is 0 Å². The summed E-state index contributed by atoms with van der Waals surface area (Å²) in [6.07, 6.45) is 0. The Morgan fingerprint density at radius 1 is 0.778 bits per heavy atom. The molecule has 0 aliphatic heterocycles. The zero-order valence-corrected chi connectivity index (χ0v) is 11.8. The average molecular weight is 258 g/mol. The summed E-state index contributed by atoms with van der Waals surface area (Å²) in [6, 6.07) is 17.6. The lowest BCUT2D eigenvalue weighted by molar-refractivity contribution is 0.589. The fraction of sp³-hybridized carbons (Fsp3) is 0.250. The van der Waals surface area contributed by atoms with Gasteiger partial charge in [0, 0.05) is 9.79 Å². The minimum Gasteiger partial charge on any atom is -0.249 e. The number of rotatable bonds is 2. The van der Waals surface area contributed by atoms with E-state index in [1.165, 1.54) is 5.56 Å². The first-order valence-electron chi connectivity index (χ1n) is 6.06. The van der Waals surface area contributed by atoms with Crippen molar-refractivity contribution in [2.45, 2.75) is 36.0 Å². The summed E-state index contributed by atoms with van der Waals surface area (Å²) in [4.78, 5) is 1.70. The molecule has 0 saturated carbocycles. The molecule has 2 heteroatoms. The summed E-state index contributed by atoms with van der Waals surface area (Å²) < 4.78 is 12.3. The number of hydrogen-bond donors (Lipinski definition) is 0. The molecule has 0 aliphatic rings. The molecule has 0 heterocycles. The molecule has 0 bridgehead atoms. The van der Waals surface area contributed by atoms with Gasteiger partial charge in [0.15, 0.2) is 0 Å². The van der Waals surface area contributed by atoms with Gasteiger partial charge in [-0.05, 0) is 35.2 Å². The predicted octanol–water partition coefficient (Wildman–Crippen LogP) is 4.15. The maximum Gasteiger partial charge on any atom is 0.0849 e. The molecule has 2 rings (SSSR count). The van der Waals surface area contributed by atoms with E-state index in [0.717, 1.165) is 9.79 Å². The van der Waals surface area contributed by atoms with Gasteiger partial charge in [0.25, 0.3) is 0 Å². The second kappa shape index (κ2) is 5.07. The Morgan fingerprint density at radius 3 is 1.78 bits per heavy atom. The highest BCUT2D eigenvalue weighted by atomic mass is 32.2. The van der Waals surface area contributed by atoms with Gasteiger partial charge < -0.3 is 0 Å². The molecule has 1 unspecified atom stereocenters. The van der Waals surface area contributed by atoms with E-state index in [4.69, 9.17) is 0 Å². The lowest BCUT2D eigenvalue weighted by atomic mass is 9.87. The SMILES string of the molecule is CC(C)(C)c1ccc(S(=O)c2ccccc2)cc1. The Bertz CT molecular complexity index is 536. The van der Waals surface area contributed by atoms with Crippen LogP contribution in [-0.4, -0.2) is 4.21 Å².